The van der Waals surface area contributed by atoms with E-state index in [0.717, 1.165) is 4.13 Å². The maximum atomic E-state index is 11.4. The van der Waals surface area contributed by atoms with Crippen molar-refractivity contribution in [3.05, 3.63) is 22.8 Å². The molecule has 0 radical (unpaired) electrons. The van der Waals surface area contributed by atoms with Gasteiger partial charge in [-0.2, -0.15) is 26.3 Å². The Kier molecular flexibility index (Phi) is 7.62. The first kappa shape index (κ1) is 24.1. The molecule has 152 valence electrons. The van der Waals surface area contributed by atoms with Crippen molar-refractivity contribution >= 4 is 26.0 Å². The summed E-state index contributed by atoms with van der Waals surface area (Å²) in [5, 5.41) is 8.36. The second kappa shape index (κ2) is 8.21. The van der Waals surface area contributed by atoms with Gasteiger partial charge in [0.25, 0.3) is 0 Å². The fourth-order valence-corrected chi connectivity index (χ4v) is 2.78. The first-order chi connectivity index (χ1) is 11.4. The molecular weight excluding hydrogens is 424 g/mol. The minimum atomic E-state index is -6.72. The van der Waals surface area contributed by atoms with Crippen LogP contribution < -0.4 is 4.57 Å². The maximum Gasteiger partial charge on any atom is 0.480 e. The molecule has 26 heavy (non-hydrogen) atoms. The van der Waals surface area contributed by atoms with Crippen LogP contribution in [-0.4, -0.2) is 43.5 Å². The molecule has 0 unspecified atom stereocenters. The lowest BCUT2D eigenvalue weighted by Crippen LogP contribution is -2.30. The van der Waals surface area contributed by atoms with Crippen molar-refractivity contribution in [2.24, 2.45) is 7.05 Å². The van der Waals surface area contributed by atoms with Crippen molar-refractivity contribution in [3.63, 3.8) is 0 Å². The molecule has 1 N–H and O–H groups in total. The largest absolute Gasteiger partial charge is 0.481 e. The number of carboxylic acid groups (broad SMARTS) is 1. The first-order valence-corrected chi connectivity index (χ1v) is 8.86. The van der Waals surface area contributed by atoms with Gasteiger partial charge in [0.1, 0.15) is 18.9 Å². The summed E-state index contributed by atoms with van der Waals surface area (Å²) in [6.07, 6.45) is 5.75. The van der Waals surface area contributed by atoms with E-state index in [1.807, 2.05) is 34.9 Å². The molecule has 9 nitrogen and oxygen atoms in total. The van der Waals surface area contributed by atoms with Crippen LogP contribution in [0.4, 0.5) is 26.3 Å². The summed E-state index contributed by atoms with van der Waals surface area (Å²) < 4.78 is 113. The minimum Gasteiger partial charge on any atom is -0.481 e. The molecule has 1 heterocycles. The molecule has 0 saturated heterocycles. The number of hydrogen-bond acceptors (Lipinski definition) is 5. The monoisotopic (exact) mass is 435 g/mol. The van der Waals surface area contributed by atoms with E-state index < -0.39 is 37.0 Å². The van der Waals surface area contributed by atoms with E-state index in [4.69, 9.17) is 5.11 Å². The number of hydrogen-bond donors (Lipinski definition) is 1. The molecule has 0 aromatic carbocycles. The fourth-order valence-electron chi connectivity index (χ4n) is 1.07. The number of imidazole rings is 1. The SMILES string of the molecule is C[n+]1ccn(CCC(=O)O)c1.O=S(=O)([N-]S(=O)(=O)C(F)(F)F)C(F)(F)F. The lowest BCUT2D eigenvalue weighted by molar-refractivity contribution is -0.671. The molecule has 0 bridgehead atoms. The second-order valence-electron chi connectivity index (χ2n) is 4.38. The van der Waals surface area contributed by atoms with Crippen LogP contribution in [0.1, 0.15) is 6.42 Å². The molecule has 1 aromatic rings. The minimum absolute atomic E-state index is 0.175. The van der Waals surface area contributed by atoms with Crippen LogP contribution in [0.5, 0.6) is 0 Å². The summed E-state index contributed by atoms with van der Waals surface area (Å²) in [4.78, 5) is 10.2. The highest BCUT2D eigenvalue weighted by Gasteiger charge is 2.46. The zero-order valence-corrected chi connectivity index (χ0v) is 14.2. The van der Waals surface area contributed by atoms with Crippen molar-refractivity contribution in [3.8, 4) is 0 Å². The van der Waals surface area contributed by atoms with Gasteiger partial charge in [0.15, 0.2) is 20.0 Å². The van der Waals surface area contributed by atoms with Crippen LogP contribution in [-0.2, 0) is 38.4 Å². The summed E-state index contributed by atoms with van der Waals surface area (Å²) in [6, 6.07) is 0. The number of aliphatic carboxylic acids is 1. The van der Waals surface area contributed by atoms with E-state index in [-0.39, 0.29) is 6.42 Å². The van der Waals surface area contributed by atoms with Gasteiger partial charge in [-0.05, 0) is 0 Å². The normalized spacial score (nSPS) is 13.0. The summed E-state index contributed by atoms with van der Waals surface area (Å²) in [5.41, 5.74) is -12.4. The highest BCUT2D eigenvalue weighted by atomic mass is 32.3. The number of halogens is 6. The number of aryl methyl sites for hydroxylation is 2. The summed E-state index contributed by atoms with van der Waals surface area (Å²) in [7, 11) is -11.5. The molecular formula is C9H11F6N3O6S2. The number of carboxylic acids is 1. The van der Waals surface area contributed by atoms with E-state index in [2.05, 4.69) is 0 Å². The van der Waals surface area contributed by atoms with Crippen LogP contribution in [0, 0.1) is 0 Å². The molecule has 0 amide bonds. The van der Waals surface area contributed by atoms with E-state index >= 15 is 0 Å². The van der Waals surface area contributed by atoms with Gasteiger partial charge in [-0.1, -0.05) is 0 Å². The van der Waals surface area contributed by atoms with Crippen LogP contribution in [0.3, 0.4) is 0 Å². The molecule has 1 rings (SSSR count). The summed E-state index contributed by atoms with van der Waals surface area (Å²) in [6.45, 7) is 0.538. The molecule has 0 aliphatic carbocycles. The number of nitrogens with zero attached hydrogens (tertiary/aromatic N) is 3. The molecule has 1 aromatic heterocycles. The van der Waals surface area contributed by atoms with Gasteiger partial charge in [0.05, 0.1) is 13.5 Å². The summed E-state index contributed by atoms with van der Waals surface area (Å²) in [5.74, 6) is -0.763. The number of carbonyl (C=O) groups is 1. The highest BCUT2D eigenvalue weighted by molar-refractivity contribution is 8.13. The number of sulfonamides is 2. The smallest absolute Gasteiger partial charge is 0.480 e. The molecule has 0 atom stereocenters. The van der Waals surface area contributed by atoms with Gasteiger partial charge in [0.2, 0.25) is 6.33 Å². The van der Waals surface area contributed by atoms with Crippen molar-refractivity contribution in [2.45, 2.75) is 24.0 Å². The second-order valence-corrected chi connectivity index (χ2v) is 7.80. The first-order valence-electron chi connectivity index (χ1n) is 5.98. The van der Waals surface area contributed by atoms with E-state index in [1.165, 1.54) is 0 Å². The lowest BCUT2D eigenvalue weighted by Gasteiger charge is -2.22. The molecule has 0 spiro atoms. The Morgan fingerprint density at radius 2 is 1.50 bits per heavy atom. The third-order valence-electron chi connectivity index (χ3n) is 2.19. The predicted octanol–water partition coefficient (Wildman–Crippen LogP) is 0.847. The molecule has 0 fully saturated rings. The fraction of sp³-hybridized carbons (Fsp3) is 0.556. The zero-order chi connectivity index (χ0) is 21.0. The van der Waals surface area contributed by atoms with Crippen LogP contribution in [0.25, 0.3) is 4.13 Å². The number of rotatable bonds is 5. The predicted molar refractivity (Wildman–Crippen MR) is 71.2 cm³/mol. The molecule has 0 saturated carbocycles. The van der Waals surface area contributed by atoms with Gasteiger partial charge >= 0.3 is 17.0 Å². The van der Waals surface area contributed by atoms with Crippen molar-refractivity contribution in [1.29, 1.82) is 0 Å². The number of alkyl halides is 6. The Morgan fingerprint density at radius 3 is 1.77 bits per heavy atom. The summed E-state index contributed by atoms with van der Waals surface area (Å²) >= 11 is 0. The van der Waals surface area contributed by atoms with Crippen molar-refractivity contribution in [2.75, 3.05) is 0 Å². The van der Waals surface area contributed by atoms with Crippen LogP contribution in [0.15, 0.2) is 18.7 Å². The zero-order valence-electron chi connectivity index (χ0n) is 12.6. The van der Waals surface area contributed by atoms with E-state index in [9.17, 15) is 48.0 Å². The van der Waals surface area contributed by atoms with Crippen molar-refractivity contribution < 1.29 is 57.6 Å². The van der Waals surface area contributed by atoms with Gasteiger partial charge < -0.3 is 9.23 Å². The Bertz CT molecular complexity index is 785. The average molecular weight is 435 g/mol. The van der Waals surface area contributed by atoms with E-state index in [0.29, 0.717) is 6.54 Å². The Balaban J connectivity index is 0.000000502. The van der Waals surface area contributed by atoms with Crippen molar-refractivity contribution in [1.82, 2.24) is 4.57 Å². The molecule has 0 aliphatic heterocycles. The Hall–Kier alpha value is -1.88. The third-order valence-corrected chi connectivity index (χ3v) is 4.93. The highest BCUT2D eigenvalue weighted by Crippen LogP contribution is 2.36. The maximum absolute atomic E-state index is 11.4. The number of aromatic nitrogens is 2. The Morgan fingerprint density at radius 1 is 1.08 bits per heavy atom. The topological polar surface area (TPSA) is 128 Å². The van der Waals surface area contributed by atoms with Gasteiger partial charge in [-0.25, -0.2) is 26.0 Å². The standard InChI is InChI=1S/C7H10N2O2.C2F6NO4S2/c1-8-4-5-9(6-8)3-2-7(10)11;3-1(4,5)14(10,11)9-15(12,13)2(6,7)8/h4-6H,2-3H2,1H3;/q;-1/p+1. The van der Waals surface area contributed by atoms with E-state index in [1.54, 1.807) is 0 Å². The van der Waals surface area contributed by atoms with Gasteiger partial charge in [0, 0.05) is 0 Å². The molecule has 17 heteroatoms. The quantitative estimate of drug-likeness (QED) is 0.539. The molecule has 0 aliphatic rings. The Labute approximate surface area is 142 Å². The van der Waals surface area contributed by atoms with Crippen LogP contribution in [0.2, 0.25) is 0 Å². The van der Waals surface area contributed by atoms with Gasteiger partial charge in [-0.15, -0.1) is 0 Å². The van der Waals surface area contributed by atoms with Crippen LogP contribution >= 0.6 is 0 Å². The third kappa shape index (κ3) is 7.56. The lowest BCUT2D eigenvalue weighted by atomic mass is 10.4. The average Bonchev–Trinajstić information content (AvgIpc) is 2.79. The van der Waals surface area contributed by atoms with Gasteiger partial charge in [-0.3, -0.25) is 4.79 Å².